The van der Waals surface area contributed by atoms with Gasteiger partial charge in [0.25, 0.3) is 0 Å². The second-order valence-electron chi connectivity index (χ2n) is 4.05. The molecule has 1 aromatic heterocycles. The molecule has 0 bridgehead atoms. The van der Waals surface area contributed by atoms with Crippen LogP contribution in [0.1, 0.15) is 24.8 Å². The molecule has 0 aliphatic rings. The van der Waals surface area contributed by atoms with Crippen molar-refractivity contribution >= 4 is 43.9 Å². The lowest BCUT2D eigenvalue weighted by Gasteiger charge is -2.01. The van der Waals surface area contributed by atoms with Crippen LogP contribution in [0.2, 0.25) is 5.02 Å². The van der Waals surface area contributed by atoms with Crippen LogP contribution in [-0.2, 0) is 0 Å². The number of hydrogen-bond donors (Lipinski definition) is 1. The maximum absolute atomic E-state index is 6.07. The zero-order valence-electron chi connectivity index (χ0n) is 9.50. The van der Waals surface area contributed by atoms with Crippen molar-refractivity contribution in [2.75, 3.05) is 5.73 Å². The molecule has 2 rings (SSSR count). The Balaban J connectivity index is 2.49. The zero-order valence-corrected chi connectivity index (χ0v) is 12.7. The van der Waals surface area contributed by atoms with Crippen molar-refractivity contribution in [1.29, 1.82) is 0 Å². The molecule has 0 spiro atoms. The van der Waals surface area contributed by atoms with E-state index in [0.29, 0.717) is 10.9 Å². The first-order valence-corrected chi connectivity index (χ1v) is 7.19. The monoisotopic (exact) mass is 330 g/mol. The molecule has 90 valence electrons. The number of halogens is 2. The third-order valence-electron chi connectivity index (χ3n) is 2.36. The van der Waals surface area contributed by atoms with Crippen LogP contribution in [0.15, 0.2) is 22.7 Å². The normalized spacial score (nSPS) is 11.1. The maximum atomic E-state index is 6.07. The molecule has 5 heteroatoms. The van der Waals surface area contributed by atoms with E-state index in [1.807, 2.05) is 18.2 Å². The van der Waals surface area contributed by atoms with Crippen LogP contribution in [0.25, 0.3) is 11.3 Å². The number of benzene rings is 1. The van der Waals surface area contributed by atoms with Gasteiger partial charge in [0.05, 0.1) is 10.0 Å². The molecule has 0 saturated heterocycles. The standard InChI is InChI=1S/C12H12BrClN2S/c1-6(2)12-16-10(11(15)17-12)7-3-4-8(13)9(14)5-7/h3-6H,15H2,1-2H3. The van der Waals surface area contributed by atoms with Gasteiger partial charge in [-0.25, -0.2) is 4.98 Å². The predicted octanol–water partition coefficient (Wildman–Crippen LogP) is 4.93. The van der Waals surface area contributed by atoms with Crippen LogP contribution in [0.4, 0.5) is 5.00 Å². The highest BCUT2D eigenvalue weighted by Crippen LogP contribution is 2.36. The van der Waals surface area contributed by atoms with Gasteiger partial charge in [0.1, 0.15) is 10.7 Å². The average molecular weight is 332 g/mol. The van der Waals surface area contributed by atoms with Gasteiger partial charge in [0.15, 0.2) is 0 Å². The summed E-state index contributed by atoms with van der Waals surface area (Å²) in [6, 6.07) is 5.75. The molecule has 17 heavy (non-hydrogen) atoms. The van der Waals surface area contributed by atoms with Gasteiger partial charge >= 0.3 is 0 Å². The van der Waals surface area contributed by atoms with E-state index in [1.165, 1.54) is 11.3 Å². The van der Waals surface area contributed by atoms with E-state index in [0.717, 1.165) is 25.7 Å². The largest absolute Gasteiger partial charge is 0.389 e. The lowest BCUT2D eigenvalue weighted by molar-refractivity contribution is 0.854. The summed E-state index contributed by atoms with van der Waals surface area (Å²) in [5.41, 5.74) is 7.78. The molecule has 0 amide bonds. The van der Waals surface area contributed by atoms with E-state index in [2.05, 4.69) is 34.8 Å². The summed E-state index contributed by atoms with van der Waals surface area (Å²) in [6.07, 6.45) is 0. The fourth-order valence-corrected chi connectivity index (χ4v) is 2.73. The molecular weight excluding hydrogens is 320 g/mol. The number of thiazole rings is 1. The van der Waals surface area contributed by atoms with Gasteiger partial charge < -0.3 is 5.73 Å². The summed E-state index contributed by atoms with van der Waals surface area (Å²) in [5, 5.41) is 2.46. The third-order valence-corrected chi connectivity index (χ3v) is 4.77. The molecule has 0 fully saturated rings. The van der Waals surface area contributed by atoms with E-state index in [9.17, 15) is 0 Å². The second-order valence-corrected chi connectivity index (χ2v) is 6.37. The summed E-state index contributed by atoms with van der Waals surface area (Å²) in [7, 11) is 0. The van der Waals surface area contributed by atoms with Crippen LogP contribution >= 0.6 is 38.9 Å². The highest BCUT2D eigenvalue weighted by molar-refractivity contribution is 9.10. The summed E-state index contributed by atoms with van der Waals surface area (Å²) >= 11 is 11.0. The van der Waals surface area contributed by atoms with Gasteiger partial charge in [-0.1, -0.05) is 31.5 Å². The van der Waals surface area contributed by atoms with Crippen LogP contribution < -0.4 is 5.73 Å². The van der Waals surface area contributed by atoms with Crippen LogP contribution in [0, 0.1) is 0 Å². The highest BCUT2D eigenvalue weighted by Gasteiger charge is 2.13. The van der Waals surface area contributed by atoms with Crippen molar-refractivity contribution < 1.29 is 0 Å². The van der Waals surface area contributed by atoms with Crippen molar-refractivity contribution in [2.24, 2.45) is 0 Å². The third kappa shape index (κ3) is 2.64. The minimum atomic E-state index is 0.391. The Labute approximate surface area is 118 Å². The molecule has 1 heterocycles. The minimum absolute atomic E-state index is 0.391. The Morgan fingerprint density at radius 2 is 2.12 bits per heavy atom. The Morgan fingerprint density at radius 3 is 2.65 bits per heavy atom. The van der Waals surface area contributed by atoms with Crippen LogP contribution in [0.3, 0.4) is 0 Å². The number of anilines is 1. The van der Waals surface area contributed by atoms with E-state index in [1.54, 1.807) is 0 Å². The van der Waals surface area contributed by atoms with Crippen molar-refractivity contribution in [1.82, 2.24) is 4.98 Å². The topological polar surface area (TPSA) is 38.9 Å². The predicted molar refractivity (Wildman–Crippen MR) is 78.8 cm³/mol. The Morgan fingerprint density at radius 1 is 1.41 bits per heavy atom. The van der Waals surface area contributed by atoms with Gasteiger partial charge in [-0.05, 0) is 28.1 Å². The quantitative estimate of drug-likeness (QED) is 0.847. The summed E-state index contributed by atoms with van der Waals surface area (Å²) in [4.78, 5) is 4.57. The van der Waals surface area contributed by atoms with E-state index >= 15 is 0 Å². The molecule has 0 radical (unpaired) electrons. The van der Waals surface area contributed by atoms with Crippen LogP contribution in [-0.4, -0.2) is 4.98 Å². The van der Waals surface area contributed by atoms with Gasteiger partial charge in [0, 0.05) is 16.0 Å². The smallest absolute Gasteiger partial charge is 0.114 e. The first-order valence-electron chi connectivity index (χ1n) is 5.20. The molecule has 0 saturated carbocycles. The fourth-order valence-electron chi connectivity index (χ4n) is 1.45. The first kappa shape index (κ1) is 12.9. The number of rotatable bonds is 2. The summed E-state index contributed by atoms with van der Waals surface area (Å²) < 4.78 is 0.876. The number of nitrogens with two attached hydrogens (primary N) is 1. The lowest BCUT2D eigenvalue weighted by atomic mass is 10.1. The molecular formula is C12H12BrClN2S. The lowest BCUT2D eigenvalue weighted by Crippen LogP contribution is -1.87. The number of nitrogen functional groups attached to an aromatic ring is 1. The Kier molecular flexibility index (Phi) is 3.76. The van der Waals surface area contributed by atoms with Gasteiger partial charge in [-0.2, -0.15) is 0 Å². The molecule has 2 nitrogen and oxygen atoms in total. The Hall–Kier alpha value is -0.580. The van der Waals surface area contributed by atoms with Gasteiger partial charge in [-0.15, -0.1) is 11.3 Å². The molecule has 2 aromatic rings. The SMILES string of the molecule is CC(C)c1nc(-c2ccc(Br)c(Cl)c2)c(N)s1. The number of aromatic nitrogens is 1. The molecule has 2 N–H and O–H groups in total. The molecule has 0 unspecified atom stereocenters. The molecule has 0 aliphatic carbocycles. The van der Waals surface area contributed by atoms with Crippen molar-refractivity contribution in [3.05, 3.63) is 32.7 Å². The highest BCUT2D eigenvalue weighted by atomic mass is 79.9. The van der Waals surface area contributed by atoms with Crippen molar-refractivity contribution in [3.8, 4) is 11.3 Å². The second kappa shape index (κ2) is 4.96. The number of nitrogens with zero attached hydrogens (tertiary/aromatic N) is 1. The minimum Gasteiger partial charge on any atom is -0.389 e. The average Bonchev–Trinajstić information content (AvgIpc) is 2.65. The van der Waals surface area contributed by atoms with Crippen molar-refractivity contribution in [2.45, 2.75) is 19.8 Å². The fraction of sp³-hybridized carbons (Fsp3) is 0.250. The van der Waals surface area contributed by atoms with E-state index < -0.39 is 0 Å². The number of hydrogen-bond acceptors (Lipinski definition) is 3. The van der Waals surface area contributed by atoms with E-state index in [-0.39, 0.29) is 0 Å². The van der Waals surface area contributed by atoms with Crippen molar-refractivity contribution in [3.63, 3.8) is 0 Å². The summed E-state index contributed by atoms with van der Waals surface area (Å²) in [5.74, 6) is 0.391. The zero-order chi connectivity index (χ0) is 12.6. The summed E-state index contributed by atoms with van der Waals surface area (Å²) in [6.45, 7) is 4.22. The van der Waals surface area contributed by atoms with E-state index in [4.69, 9.17) is 17.3 Å². The van der Waals surface area contributed by atoms with Gasteiger partial charge in [0.2, 0.25) is 0 Å². The first-order chi connectivity index (χ1) is 7.99. The molecule has 1 aromatic carbocycles. The van der Waals surface area contributed by atoms with Crippen LogP contribution in [0.5, 0.6) is 0 Å². The Bertz CT molecular complexity index is 551. The molecule has 0 atom stereocenters. The van der Waals surface area contributed by atoms with Gasteiger partial charge in [-0.3, -0.25) is 0 Å². The molecule has 0 aliphatic heterocycles. The maximum Gasteiger partial charge on any atom is 0.114 e.